The van der Waals surface area contributed by atoms with Crippen LogP contribution in [0.15, 0.2) is 12.1 Å². The second-order valence-corrected chi connectivity index (χ2v) is 5.45. The monoisotopic (exact) mass is 412 g/mol. The standard InChI is InChI=1S/C13H15F2IN2O3/c14-9-5-6-10(18(20)21)12(15)11(9)13(19)17-8-4-2-1-3-7-16/h5-6H,1-4,7-8H2,(H,17,19). The van der Waals surface area contributed by atoms with Crippen molar-refractivity contribution in [2.75, 3.05) is 11.0 Å². The van der Waals surface area contributed by atoms with Crippen molar-refractivity contribution in [3.63, 3.8) is 0 Å². The van der Waals surface area contributed by atoms with E-state index >= 15 is 0 Å². The average molecular weight is 412 g/mol. The van der Waals surface area contributed by atoms with Crippen LogP contribution in [0.3, 0.4) is 0 Å². The second-order valence-electron chi connectivity index (χ2n) is 4.37. The van der Waals surface area contributed by atoms with E-state index in [4.69, 9.17) is 0 Å². The van der Waals surface area contributed by atoms with Gasteiger partial charge in [0, 0.05) is 12.6 Å². The highest BCUT2D eigenvalue weighted by Gasteiger charge is 2.25. The first-order chi connectivity index (χ1) is 9.99. The molecule has 0 heterocycles. The lowest BCUT2D eigenvalue weighted by Gasteiger charge is -2.07. The van der Waals surface area contributed by atoms with E-state index in [2.05, 4.69) is 27.9 Å². The van der Waals surface area contributed by atoms with Crippen molar-refractivity contribution in [1.29, 1.82) is 0 Å². The number of nitrogens with zero attached hydrogens (tertiary/aromatic N) is 1. The Labute approximate surface area is 134 Å². The van der Waals surface area contributed by atoms with E-state index in [1.807, 2.05) is 0 Å². The van der Waals surface area contributed by atoms with E-state index in [0.717, 1.165) is 29.8 Å². The van der Waals surface area contributed by atoms with Gasteiger partial charge in [-0.3, -0.25) is 14.9 Å². The van der Waals surface area contributed by atoms with Crippen LogP contribution in [0.2, 0.25) is 0 Å². The average Bonchev–Trinajstić information content (AvgIpc) is 2.42. The maximum absolute atomic E-state index is 13.8. The molecule has 0 saturated heterocycles. The topological polar surface area (TPSA) is 72.2 Å². The normalized spacial score (nSPS) is 10.4. The smallest absolute Gasteiger partial charge is 0.305 e. The van der Waals surface area contributed by atoms with Crippen LogP contribution in [0, 0.1) is 21.7 Å². The van der Waals surface area contributed by atoms with Crippen molar-refractivity contribution in [3.05, 3.63) is 39.4 Å². The SMILES string of the molecule is O=C(NCCCCCCI)c1c(F)ccc([N+](=O)[O-])c1F. The first-order valence-electron chi connectivity index (χ1n) is 6.45. The third kappa shape index (κ3) is 5.18. The lowest BCUT2D eigenvalue weighted by atomic mass is 10.1. The van der Waals surface area contributed by atoms with E-state index < -0.39 is 33.7 Å². The maximum Gasteiger partial charge on any atom is 0.305 e. The van der Waals surface area contributed by atoms with E-state index in [-0.39, 0.29) is 6.54 Å². The summed E-state index contributed by atoms with van der Waals surface area (Å²) in [5.74, 6) is -3.52. The number of halogens is 3. The van der Waals surface area contributed by atoms with Crippen LogP contribution in [-0.4, -0.2) is 21.8 Å². The van der Waals surface area contributed by atoms with Crippen LogP contribution in [-0.2, 0) is 0 Å². The summed E-state index contributed by atoms with van der Waals surface area (Å²) in [5.41, 5.74) is -1.82. The molecule has 0 radical (unpaired) electrons. The number of nitrogens with one attached hydrogen (secondary N) is 1. The molecular weight excluding hydrogens is 397 g/mol. The summed E-state index contributed by atoms with van der Waals surface area (Å²) in [5, 5.41) is 13.0. The number of hydrogen-bond donors (Lipinski definition) is 1. The Morgan fingerprint density at radius 1 is 1.24 bits per heavy atom. The van der Waals surface area contributed by atoms with Crippen LogP contribution in [0.4, 0.5) is 14.5 Å². The minimum absolute atomic E-state index is 0.279. The summed E-state index contributed by atoms with van der Waals surface area (Å²) in [4.78, 5) is 21.3. The van der Waals surface area contributed by atoms with E-state index in [1.54, 1.807) is 0 Å². The first-order valence-corrected chi connectivity index (χ1v) is 7.98. The highest BCUT2D eigenvalue weighted by atomic mass is 127. The van der Waals surface area contributed by atoms with Crippen molar-refractivity contribution in [3.8, 4) is 0 Å². The number of unbranched alkanes of at least 4 members (excludes halogenated alkanes) is 3. The molecule has 0 unspecified atom stereocenters. The molecule has 116 valence electrons. The molecule has 0 atom stereocenters. The van der Waals surface area contributed by atoms with Gasteiger partial charge in [0.25, 0.3) is 5.91 Å². The molecule has 0 spiro atoms. The largest absolute Gasteiger partial charge is 0.352 e. The minimum atomic E-state index is -1.44. The molecule has 8 heteroatoms. The molecule has 0 aliphatic carbocycles. The summed E-state index contributed by atoms with van der Waals surface area (Å²) >= 11 is 2.27. The summed E-state index contributed by atoms with van der Waals surface area (Å²) in [6, 6.07) is 1.42. The fraction of sp³-hybridized carbons (Fsp3) is 0.462. The van der Waals surface area contributed by atoms with Crippen LogP contribution in [0.25, 0.3) is 0 Å². The van der Waals surface area contributed by atoms with Gasteiger partial charge in [0.15, 0.2) is 0 Å². The van der Waals surface area contributed by atoms with Crippen molar-refractivity contribution in [2.45, 2.75) is 25.7 Å². The molecule has 1 amide bonds. The van der Waals surface area contributed by atoms with Crippen molar-refractivity contribution >= 4 is 34.2 Å². The minimum Gasteiger partial charge on any atom is -0.352 e. The third-order valence-electron chi connectivity index (χ3n) is 2.84. The molecule has 1 aromatic carbocycles. The Hall–Kier alpha value is -1.32. The number of hydrogen-bond acceptors (Lipinski definition) is 3. The molecule has 0 aromatic heterocycles. The van der Waals surface area contributed by atoms with Crippen molar-refractivity contribution in [2.24, 2.45) is 0 Å². The van der Waals surface area contributed by atoms with E-state index in [9.17, 15) is 23.7 Å². The Morgan fingerprint density at radius 3 is 2.52 bits per heavy atom. The highest BCUT2D eigenvalue weighted by molar-refractivity contribution is 14.1. The lowest BCUT2D eigenvalue weighted by molar-refractivity contribution is -0.387. The zero-order valence-corrected chi connectivity index (χ0v) is 13.4. The molecule has 0 bridgehead atoms. The zero-order chi connectivity index (χ0) is 15.8. The summed E-state index contributed by atoms with van der Waals surface area (Å²) in [6.07, 6.45) is 3.71. The molecule has 1 aromatic rings. The Balaban J connectivity index is 2.66. The van der Waals surface area contributed by atoms with Gasteiger partial charge in [-0.2, -0.15) is 4.39 Å². The number of alkyl halides is 1. The van der Waals surface area contributed by atoms with Gasteiger partial charge < -0.3 is 5.32 Å². The molecule has 0 fully saturated rings. The molecule has 1 rings (SSSR count). The van der Waals surface area contributed by atoms with Gasteiger partial charge in [0.2, 0.25) is 5.82 Å². The molecule has 0 aliphatic heterocycles. The van der Waals surface area contributed by atoms with Gasteiger partial charge in [-0.15, -0.1) is 0 Å². The Kier molecular flexibility index (Phi) is 7.48. The van der Waals surface area contributed by atoms with Crippen molar-refractivity contribution < 1.29 is 18.5 Å². The quantitative estimate of drug-likeness (QED) is 0.233. The predicted molar refractivity (Wildman–Crippen MR) is 82.7 cm³/mol. The first kappa shape index (κ1) is 17.7. The van der Waals surface area contributed by atoms with E-state index in [1.165, 1.54) is 0 Å². The van der Waals surface area contributed by atoms with Gasteiger partial charge in [-0.1, -0.05) is 35.4 Å². The molecule has 5 nitrogen and oxygen atoms in total. The predicted octanol–water partition coefficient (Wildman–Crippen LogP) is 3.60. The highest BCUT2D eigenvalue weighted by Crippen LogP contribution is 2.22. The van der Waals surface area contributed by atoms with Gasteiger partial charge in [0.1, 0.15) is 11.4 Å². The molecule has 0 saturated carbocycles. The third-order valence-corrected chi connectivity index (χ3v) is 3.60. The fourth-order valence-electron chi connectivity index (χ4n) is 1.75. The summed E-state index contributed by atoms with van der Waals surface area (Å²) in [7, 11) is 0. The number of carbonyl (C=O) groups excluding carboxylic acids is 1. The van der Waals surface area contributed by atoms with Crippen LogP contribution >= 0.6 is 22.6 Å². The van der Waals surface area contributed by atoms with Crippen molar-refractivity contribution in [1.82, 2.24) is 5.32 Å². The lowest BCUT2D eigenvalue weighted by Crippen LogP contribution is -2.26. The molecular formula is C13H15F2IN2O3. The van der Waals surface area contributed by atoms with Crippen LogP contribution < -0.4 is 5.32 Å². The fourth-order valence-corrected chi connectivity index (χ4v) is 2.29. The number of rotatable bonds is 8. The van der Waals surface area contributed by atoms with Crippen LogP contribution in [0.1, 0.15) is 36.0 Å². The number of carbonyl (C=O) groups is 1. The number of nitro benzene ring substituents is 1. The summed E-state index contributed by atoms with van der Waals surface area (Å²) in [6.45, 7) is 0.279. The Bertz CT molecular complexity index is 526. The number of nitro groups is 1. The van der Waals surface area contributed by atoms with Gasteiger partial charge >= 0.3 is 5.69 Å². The second kappa shape index (κ2) is 8.85. The number of amides is 1. The van der Waals surface area contributed by atoms with Gasteiger partial charge in [-0.05, 0) is 23.3 Å². The number of benzene rings is 1. The molecule has 0 aliphatic rings. The summed E-state index contributed by atoms with van der Waals surface area (Å²) < 4.78 is 28.3. The van der Waals surface area contributed by atoms with Crippen LogP contribution in [0.5, 0.6) is 0 Å². The van der Waals surface area contributed by atoms with Gasteiger partial charge in [-0.25, -0.2) is 4.39 Å². The maximum atomic E-state index is 13.8. The molecule has 21 heavy (non-hydrogen) atoms. The zero-order valence-electron chi connectivity index (χ0n) is 11.2. The van der Waals surface area contributed by atoms with E-state index in [0.29, 0.717) is 12.5 Å². The molecule has 1 N–H and O–H groups in total. The Morgan fingerprint density at radius 2 is 1.90 bits per heavy atom. The van der Waals surface area contributed by atoms with Gasteiger partial charge in [0.05, 0.1) is 4.92 Å².